The van der Waals surface area contributed by atoms with Crippen molar-refractivity contribution in [1.82, 2.24) is 4.90 Å². The van der Waals surface area contributed by atoms with Gasteiger partial charge >= 0.3 is 0 Å². The molecule has 0 saturated heterocycles. The van der Waals surface area contributed by atoms with E-state index in [0.717, 1.165) is 25.0 Å². The second kappa shape index (κ2) is 5.55. The van der Waals surface area contributed by atoms with Gasteiger partial charge in [0.25, 0.3) is 0 Å². The number of nitrogens with zero attached hydrogens (tertiary/aromatic N) is 1. The van der Waals surface area contributed by atoms with Crippen molar-refractivity contribution >= 4 is 5.57 Å². The summed E-state index contributed by atoms with van der Waals surface area (Å²) in [6, 6.07) is 9.99. The first-order valence-electron chi connectivity index (χ1n) is 8.62. The van der Waals surface area contributed by atoms with E-state index in [2.05, 4.69) is 48.7 Å². The number of rotatable bonds is 5. The molecule has 1 nitrogen and oxygen atoms in total. The van der Waals surface area contributed by atoms with Gasteiger partial charge in [0.2, 0.25) is 0 Å². The zero-order valence-corrected chi connectivity index (χ0v) is 13.5. The molecule has 4 rings (SSSR count). The van der Waals surface area contributed by atoms with Crippen molar-refractivity contribution in [2.45, 2.75) is 44.6 Å². The van der Waals surface area contributed by atoms with Crippen molar-refractivity contribution in [3.63, 3.8) is 0 Å². The van der Waals surface area contributed by atoms with Gasteiger partial charge in [0.1, 0.15) is 0 Å². The lowest BCUT2D eigenvalue weighted by Gasteiger charge is -2.13. The van der Waals surface area contributed by atoms with Crippen LogP contribution in [-0.4, -0.2) is 24.0 Å². The van der Waals surface area contributed by atoms with Crippen LogP contribution in [0.4, 0.5) is 0 Å². The Bertz CT molecular complexity index is 639. The van der Waals surface area contributed by atoms with Crippen LogP contribution in [0.2, 0.25) is 0 Å². The third-order valence-electron chi connectivity index (χ3n) is 5.27. The molecule has 3 aliphatic rings. The van der Waals surface area contributed by atoms with Crippen molar-refractivity contribution in [2.75, 3.05) is 13.1 Å². The zero-order valence-electron chi connectivity index (χ0n) is 13.5. The third-order valence-corrected chi connectivity index (χ3v) is 5.27. The van der Waals surface area contributed by atoms with E-state index in [9.17, 15) is 0 Å². The van der Waals surface area contributed by atoms with Crippen molar-refractivity contribution in [3.05, 3.63) is 65.3 Å². The molecule has 0 radical (unpaired) electrons. The van der Waals surface area contributed by atoms with Crippen LogP contribution in [0.1, 0.15) is 49.7 Å². The molecule has 1 heterocycles. The van der Waals surface area contributed by atoms with Crippen LogP contribution in [0.15, 0.2) is 54.1 Å². The molecule has 1 heteroatoms. The second-order valence-electron chi connectivity index (χ2n) is 7.14. The summed E-state index contributed by atoms with van der Waals surface area (Å²) >= 11 is 0. The molecule has 2 aliphatic carbocycles. The van der Waals surface area contributed by atoms with Crippen LogP contribution in [0, 0.1) is 0 Å². The standard InChI is InChI=1S/C21H25N/c1-3-16(17-4-6-18(7-5-17)19-8-9-19)12-20-14-22(13-15(20)2)21-10-11-21/h3-7,12,19,21H,1,8-11,13-14H2,2H3/b16-12+. The Balaban J connectivity index is 1.55. The highest BCUT2D eigenvalue weighted by Gasteiger charge is 2.32. The lowest BCUT2D eigenvalue weighted by Crippen LogP contribution is -2.23. The minimum atomic E-state index is 0.831. The molecule has 0 unspecified atom stereocenters. The Labute approximate surface area is 134 Å². The predicted molar refractivity (Wildman–Crippen MR) is 93.9 cm³/mol. The van der Waals surface area contributed by atoms with E-state index >= 15 is 0 Å². The number of benzene rings is 1. The van der Waals surface area contributed by atoms with Gasteiger partial charge in [0.05, 0.1) is 0 Å². The first-order chi connectivity index (χ1) is 10.7. The van der Waals surface area contributed by atoms with Crippen molar-refractivity contribution in [2.24, 2.45) is 0 Å². The fourth-order valence-corrected chi connectivity index (χ4v) is 3.49. The molecule has 1 aliphatic heterocycles. The molecular formula is C21H25N. The molecule has 114 valence electrons. The molecule has 0 N–H and O–H groups in total. The van der Waals surface area contributed by atoms with Gasteiger partial charge in [-0.05, 0) is 66.9 Å². The number of hydrogen-bond donors (Lipinski definition) is 0. The molecule has 22 heavy (non-hydrogen) atoms. The SMILES string of the molecule is C=C/C(=C\C1=C(C)CN(C2CC2)C1)c1ccc(C2CC2)cc1. The fourth-order valence-electron chi connectivity index (χ4n) is 3.49. The normalized spacial score (nSPS) is 23.2. The molecule has 1 aromatic carbocycles. The average molecular weight is 291 g/mol. The Hall–Kier alpha value is -1.60. The van der Waals surface area contributed by atoms with Crippen molar-refractivity contribution in [3.8, 4) is 0 Å². The van der Waals surface area contributed by atoms with Gasteiger partial charge < -0.3 is 0 Å². The Morgan fingerprint density at radius 2 is 1.82 bits per heavy atom. The quantitative estimate of drug-likeness (QED) is 0.695. The van der Waals surface area contributed by atoms with Crippen molar-refractivity contribution < 1.29 is 0 Å². The van der Waals surface area contributed by atoms with E-state index in [-0.39, 0.29) is 0 Å². The minimum absolute atomic E-state index is 0.831. The first-order valence-corrected chi connectivity index (χ1v) is 8.62. The summed E-state index contributed by atoms with van der Waals surface area (Å²) in [4.78, 5) is 2.62. The zero-order chi connectivity index (χ0) is 15.1. The lowest BCUT2D eigenvalue weighted by molar-refractivity contribution is 0.335. The highest BCUT2D eigenvalue weighted by Crippen LogP contribution is 2.40. The summed E-state index contributed by atoms with van der Waals surface area (Å²) in [7, 11) is 0. The van der Waals surface area contributed by atoms with Crippen LogP contribution in [0.5, 0.6) is 0 Å². The predicted octanol–water partition coefficient (Wildman–Crippen LogP) is 4.93. The number of allylic oxidation sites excluding steroid dienone is 2. The Morgan fingerprint density at radius 3 is 2.41 bits per heavy atom. The highest BCUT2D eigenvalue weighted by atomic mass is 15.2. The van der Waals surface area contributed by atoms with Crippen LogP contribution in [0.25, 0.3) is 5.57 Å². The van der Waals surface area contributed by atoms with Crippen LogP contribution in [-0.2, 0) is 0 Å². The van der Waals surface area contributed by atoms with E-state index in [1.165, 1.54) is 53.5 Å². The molecule has 0 amide bonds. The number of hydrogen-bond acceptors (Lipinski definition) is 1. The summed E-state index contributed by atoms with van der Waals surface area (Å²) in [6.45, 7) is 8.59. The monoisotopic (exact) mass is 291 g/mol. The van der Waals surface area contributed by atoms with Crippen LogP contribution >= 0.6 is 0 Å². The van der Waals surface area contributed by atoms with E-state index in [0.29, 0.717) is 0 Å². The van der Waals surface area contributed by atoms with E-state index < -0.39 is 0 Å². The van der Waals surface area contributed by atoms with E-state index in [4.69, 9.17) is 0 Å². The maximum Gasteiger partial charge on any atom is 0.0240 e. The summed E-state index contributed by atoms with van der Waals surface area (Å²) < 4.78 is 0. The topological polar surface area (TPSA) is 3.24 Å². The van der Waals surface area contributed by atoms with Crippen molar-refractivity contribution in [1.29, 1.82) is 0 Å². The van der Waals surface area contributed by atoms with E-state index in [1.54, 1.807) is 0 Å². The third kappa shape index (κ3) is 2.83. The molecule has 2 fully saturated rings. The van der Waals surface area contributed by atoms with Gasteiger partial charge in [-0.2, -0.15) is 0 Å². The van der Waals surface area contributed by atoms with Crippen LogP contribution < -0.4 is 0 Å². The van der Waals surface area contributed by atoms with Gasteiger partial charge in [-0.25, -0.2) is 0 Å². The van der Waals surface area contributed by atoms with Gasteiger partial charge in [0.15, 0.2) is 0 Å². The average Bonchev–Trinajstić information content (AvgIpc) is 3.44. The Kier molecular flexibility index (Phi) is 3.54. The second-order valence-corrected chi connectivity index (χ2v) is 7.14. The molecule has 0 aromatic heterocycles. The maximum atomic E-state index is 4.04. The van der Waals surface area contributed by atoms with E-state index in [1.807, 2.05) is 6.08 Å². The summed E-state index contributed by atoms with van der Waals surface area (Å²) in [5, 5.41) is 0. The minimum Gasteiger partial charge on any atom is -0.292 e. The summed E-state index contributed by atoms with van der Waals surface area (Å²) in [6.07, 6.45) is 9.88. The van der Waals surface area contributed by atoms with Gasteiger partial charge in [-0.1, -0.05) is 42.5 Å². The fraction of sp³-hybridized carbons (Fsp3) is 0.429. The molecule has 1 aromatic rings. The molecule has 0 atom stereocenters. The molecule has 0 bridgehead atoms. The van der Waals surface area contributed by atoms with Gasteiger partial charge in [0, 0.05) is 19.1 Å². The Morgan fingerprint density at radius 1 is 1.09 bits per heavy atom. The van der Waals surface area contributed by atoms with Gasteiger partial charge in [-0.15, -0.1) is 0 Å². The molecule has 0 spiro atoms. The smallest absolute Gasteiger partial charge is 0.0240 e. The molecule has 2 saturated carbocycles. The maximum absolute atomic E-state index is 4.04. The summed E-state index contributed by atoms with van der Waals surface area (Å²) in [5.41, 5.74) is 7.08. The molecular weight excluding hydrogens is 266 g/mol. The summed E-state index contributed by atoms with van der Waals surface area (Å²) in [5.74, 6) is 0.831. The first kappa shape index (κ1) is 14.0. The largest absolute Gasteiger partial charge is 0.292 e. The lowest BCUT2D eigenvalue weighted by atomic mass is 9.99. The van der Waals surface area contributed by atoms with Gasteiger partial charge in [-0.3, -0.25) is 4.90 Å². The van der Waals surface area contributed by atoms with Crippen LogP contribution in [0.3, 0.4) is 0 Å². The highest BCUT2D eigenvalue weighted by molar-refractivity contribution is 5.76.